The standard InChI is InChI=1S/C25H28N2O2/c1-19-15-23(20(2)27(19)16-21-9-5-3-6-10-21)24(28)17-26-13-14-29-25(18-26)22-11-7-4-8-12-22/h3-12,15,25H,13-14,16-18H2,1-2H3/t25-/m1/s1. The number of benzene rings is 2. The first-order valence-electron chi connectivity index (χ1n) is 10.2. The van der Waals surface area contributed by atoms with Gasteiger partial charge >= 0.3 is 0 Å². The van der Waals surface area contributed by atoms with Crippen molar-refractivity contribution in [1.82, 2.24) is 9.47 Å². The van der Waals surface area contributed by atoms with E-state index in [1.54, 1.807) is 0 Å². The molecule has 150 valence electrons. The molecule has 3 aromatic rings. The predicted molar refractivity (Wildman–Crippen MR) is 115 cm³/mol. The molecule has 2 aromatic carbocycles. The summed E-state index contributed by atoms with van der Waals surface area (Å²) in [4.78, 5) is 15.3. The van der Waals surface area contributed by atoms with Crippen LogP contribution in [0.3, 0.4) is 0 Å². The second-order valence-corrected chi connectivity index (χ2v) is 7.78. The monoisotopic (exact) mass is 388 g/mol. The molecule has 4 heteroatoms. The lowest BCUT2D eigenvalue weighted by molar-refractivity contribution is -0.0275. The van der Waals surface area contributed by atoms with Gasteiger partial charge in [-0.25, -0.2) is 0 Å². The van der Waals surface area contributed by atoms with Crippen LogP contribution in [-0.4, -0.2) is 41.5 Å². The molecule has 0 N–H and O–H groups in total. The molecule has 0 aliphatic carbocycles. The third kappa shape index (κ3) is 4.50. The van der Waals surface area contributed by atoms with Crippen molar-refractivity contribution in [2.24, 2.45) is 0 Å². The van der Waals surface area contributed by atoms with E-state index in [4.69, 9.17) is 4.74 Å². The van der Waals surface area contributed by atoms with Gasteiger partial charge in [-0.3, -0.25) is 9.69 Å². The number of rotatable bonds is 6. The Balaban J connectivity index is 1.45. The minimum atomic E-state index is 0.0308. The molecule has 1 atom stereocenters. The molecule has 0 saturated carbocycles. The predicted octanol–water partition coefficient (Wildman–Crippen LogP) is 4.41. The van der Waals surface area contributed by atoms with E-state index >= 15 is 0 Å². The second kappa shape index (κ2) is 8.76. The number of hydrogen-bond acceptors (Lipinski definition) is 3. The van der Waals surface area contributed by atoms with Crippen LogP contribution in [0.2, 0.25) is 0 Å². The zero-order chi connectivity index (χ0) is 20.2. The summed E-state index contributed by atoms with van der Waals surface area (Å²) in [6, 6.07) is 22.7. The van der Waals surface area contributed by atoms with E-state index in [0.29, 0.717) is 13.2 Å². The number of aromatic nitrogens is 1. The highest BCUT2D eigenvalue weighted by atomic mass is 16.5. The lowest BCUT2D eigenvalue weighted by atomic mass is 10.1. The molecule has 4 rings (SSSR count). The summed E-state index contributed by atoms with van der Waals surface area (Å²) in [6.45, 7) is 7.54. The van der Waals surface area contributed by atoms with Crippen molar-refractivity contribution in [2.75, 3.05) is 26.2 Å². The van der Waals surface area contributed by atoms with E-state index in [2.05, 4.69) is 59.7 Å². The highest BCUT2D eigenvalue weighted by Gasteiger charge is 2.25. The summed E-state index contributed by atoms with van der Waals surface area (Å²) >= 11 is 0. The fraction of sp³-hybridized carbons (Fsp3) is 0.320. The Morgan fingerprint density at radius 1 is 1.03 bits per heavy atom. The lowest BCUT2D eigenvalue weighted by Crippen LogP contribution is -2.41. The molecular weight excluding hydrogens is 360 g/mol. The maximum atomic E-state index is 13.1. The topological polar surface area (TPSA) is 34.5 Å². The molecule has 1 aromatic heterocycles. The van der Waals surface area contributed by atoms with E-state index in [9.17, 15) is 4.79 Å². The minimum Gasteiger partial charge on any atom is -0.371 e. The van der Waals surface area contributed by atoms with Crippen LogP contribution in [0.25, 0.3) is 0 Å². The Bertz CT molecular complexity index is 963. The number of ketones is 1. The van der Waals surface area contributed by atoms with Crippen molar-refractivity contribution < 1.29 is 9.53 Å². The first-order valence-corrected chi connectivity index (χ1v) is 10.2. The summed E-state index contributed by atoms with van der Waals surface area (Å²) in [6.07, 6.45) is 0.0308. The first-order chi connectivity index (χ1) is 14.1. The third-order valence-corrected chi connectivity index (χ3v) is 5.75. The van der Waals surface area contributed by atoms with Crippen molar-refractivity contribution >= 4 is 5.78 Å². The highest BCUT2D eigenvalue weighted by Crippen LogP contribution is 2.23. The van der Waals surface area contributed by atoms with Crippen molar-refractivity contribution in [3.63, 3.8) is 0 Å². The van der Waals surface area contributed by atoms with E-state index in [-0.39, 0.29) is 11.9 Å². The largest absolute Gasteiger partial charge is 0.371 e. The molecule has 0 radical (unpaired) electrons. The van der Waals surface area contributed by atoms with E-state index in [1.807, 2.05) is 30.3 Å². The molecule has 1 fully saturated rings. The van der Waals surface area contributed by atoms with Gasteiger partial charge in [0.2, 0.25) is 0 Å². The fourth-order valence-electron chi connectivity index (χ4n) is 4.10. The Morgan fingerprint density at radius 2 is 1.72 bits per heavy atom. The second-order valence-electron chi connectivity index (χ2n) is 7.78. The van der Waals surface area contributed by atoms with Gasteiger partial charge in [-0.05, 0) is 31.0 Å². The molecule has 0 spiro atoms. The summed E-state index contributed by atoms with van der Waals surface area (Å²) in [5, 5.41) is 0. The average molecular weight is 389 g/mol. The third-order valence-electron chi connectivity index (χ3n) is 5.75. The molecule has 29 heavy (non-hydrogen) atoms. The van der Waals surface area contributed by atoms with Gasteiger partial charge in [0.1, 0.15) is 0 Å². The zero-order valence-corrected chi connectivity index (χ0v) is 17.2. The van der Waals surface area contributed by atoms with Crippen molar-refractivity contribution in [1.29, 1.82) is 0 Å². The van der Waals surface area contributed by atoms with Gasteiger partial charge in [0.15, 0.2) is 5.78 Å². The number of nitrogens with zero attached hydrogens (tertiary/aromatic N) is 2. The molecule has 0 unspecified atom stereocenters. The quantitative estimate of drug-likeness (QED) is 0.587. The summed E-state index contributed by atoms with van der Waals surface area (Å²) in [7, 11) is 0. The normalized spacial score (nSPS) is 17.4. The number of carbonyl (C=O) groups excluding carboxylic acids is 1. The summed E-state index contributed by atoms with van der Waals surface area (Å²) in [5.41, 5.74) is 5.42. The minimum absolute atomic E-state index is 0.0308. The van der Waals surface area contributed by atoms with Gasteiger partial charge in [0.05, 0.1) is 19.3 Å². The molecule has 1 aliphatic rings. The number of morpholine rings is 1. The van der Waals surface area contributed by atoms with Crippen molar-refractivity contribution in [3.05, 3.63) is 94.8 Å². The van der Waals surface area contributed by atoms with Gasteiger partial charge in [0.25, 0.3) is 0 Å². The molecule has 0 bridgehead atoms. The number of ether oxygens (including phenoxy) is 1. The molecule has 1 saturated heterocycles. The lowest BCUT2D eigenvalue weighted by Gasteiger charge is -2.32. The molecule has 0 amide bonds. The van der Waals surface area contributed by atoms with Gasteiger partial charge in [-0.2, -0.15) is 0 Å². The van der Waals surface area contributed by atoms with Crippen LogP contribution >= 0.6 is 0 Å². The Labute approximate surface area is 172 Å². The first kappa shape index (κ1) is 19.6. The maximum Gasteiger partial charge on any atom is 0.178 e. The van der Waals surface area contributed by atoms with Gasteiger partial charge in [-0.15, -0.1) is 0 Å². The van der Waals surface area contributed by atoms with E-state index < -0.39 is 0 Å². The van der Waals surface area contributed by atoms with E-state index in [0.717, 1.165) is 36.6 Å². The van der Waals surface area contributed by atoms with E-state index in [1.165, 1.54) is 11.1 Å². The zero-order valence-electron chi connectivity index (χ0n) is 17.2. The van der Waals surface area contributed by atoms with Crippen molar-refractivity contribution in [3.8, 4) is 0 Å². The Hall–Kier alpha value is -2.69. The molecule has 4 nitrogen and oxygen atoms in total. The number of hydrogen-bond donors (Lipinski definition) is 0. The van der Waals surface area contributed by atoms with Crippen LogP contribution in [-0.2, 0) is 11.3 Å². The number of carbonyl (C=O) groups is 1. The molecular formula is C25H28N2O2. The fourth-order valence-corrected chi connectivity index (χ4v) is 4.10. The summed E-state index contributed by atoms with van der Waals surface area (Å²) in [5.74, 6) is 0.186. The van der Waals surface area contributed by atoms with Crippen LogP contribution in [0.5, 0.6) is 0 Å². The van der Waals surface area contributed by atoms with Crippen LogP contribution in [0.1, 0.15) is 39.0 Å². The Kier molecular flexibility index (Phi) is 5.93. The highest BCUT2D eigenvalue weighted by molar-refractivity contribution is 5.99. The van der Waals surface area contributed by atoms with Gasteiger partial charge < -0.3 is 9.30 Å². The number of Topliss-reactive ketones (excluding diaryl/α,β-unsaturated/α-hetero) is 1. The average Bonchev–Trinajstić information content (AvgIpc) is 3.04. The Morgan fingerprint density at radius 3 is 2.45 bits per heavy atom. The number of aryl methyl sites for hydroxylation is 1. The SMILES string of the molecule is Cc1cc(C(=O)CN2CCO[C@@H](c3ccccc3)C2)c(C)n1Cc1ccccc1. The van der Waals surface area contributed by atoms with Crippen molar-refractivity contribution in [2.45, 2.75) is 26.5 Å². The van der Waals surface area contributed by atoms with Crippen LogP contribution in [0, 0.1) is 13.8 Å². The summed E-state index contributed by atoms with van der Waals surface area (Å²) < 4.78 is 8.17. The van der Waals surface area contributed by atoms with Crippen LogP contribution in [0.4, 0.5) is 0 Å². The maximum absolute atomic E-state index is 13.1. The molecule has 1 aliphatic heterocycles. The molecule has 2 heterocycles. The van der Waals surface area contributed by atoms with Crippen LogP contribution in [0.15, 0.2) is 66.7 Å². The smallest absolute Gasteiger partial charge is 0.178 e. The van der Waals surface area contributed by atoms with Gasteiger partial charge in [0, 0.05) is 36.6 Å². The van der Waals surface area contributed by atoms with Crippen LogP contribution < -0.4 is 0 Å². The van der Waals surface area contributed by atoms with Gasteiger partial charge in [-0.1, -0.05) is 60.7 Å².